The molecule has 0 unspecified atom stereocenters. The van der Waals surface area contributed by atoms with Gasteiger partial charge in [0.25, 0.3) is 0 Å². The minimum Gasteiger partial charge on any atom is -0.382 e. The molecule has 1 saturated heterocycles. The van der Waals surface area contributed by atoms with Crippen LogP contribution in [-0.4, -0.2) is 79.9 Å². The molecule has 2 aliphatic carbocycles. The number of rotatable bonds is 7. The summed E-state index contributed by atoms with van der Waals surface area (Å²) in [7, 11) is 0. The standard InChI is InChI=1S/C34H40N8O/c1-22(2)37-30(43)21-40-14-16-41(17-15-40)27-18-26(19-27)34-39-31(32-33(35)36-12-13-42(32)34)25-9-8-24-10-11-28(38-29(24)20-25)23-6-4-3-5-7-23/h4,6-13,20,22,26-27H,3,5,14-19,21H2,1-2H3,(H2,35,36)(H,37,43). The molecule has 3 aliphatic rings. The fourth-order valence-electron chi connectivity index (χ4n) is 6.76. The van der Waals surface area contributed by atoms with Crippen molar-refractivity contribution < 1.29 is 4.79 Å². The number of allylic oxidation sites excluding steroid dienone is 4. The zero-order valence-corrected chi connectivity index (χ0v) is 25.0. The maximum Gasteiger partial charge on any atom is 0.234 e. The fourth-order valence-corrected chi connectivity index (χ4v) is 6.76. The van der Waals surface area contributed by atoms with Gasteiger partial charge in [0.05, 0.1) is 17.8 Å². The molecule has 1 amide bonds. The quantitative estimate of drug-likeness (QED) is 0.330. The topological polar surface area (TPSA) is 105 Å². The highest BCUT2D eigenvalue weighted by Gasteiger charge is 2.38. The van der Waals surface area contributed by atoms with Crippen molar-refractivity contribution in [1.82, 2.24) is 34.5 Å². The van der Waals surface area contributed by atoms with E-state index in [4.69, 9.17) is 15.7 Å². The lowest BCUT2D eigenvalue weighted by molar-refractivity contribution is -0.123. The van der Waals surface area contributed by atoms with Crippen LogP contribution < -0.4 is 11.1 Å². The largest absolute Gasteiger partial charge is 0.382 e. The van der Waals surface area contributed by atoms with Crippen LogP contribution in [0, 0.1) is 0 Å². The second-order valence-electron chi connectivity index (χ2n) is 12.4. The predicted molar refractivity (Wildman–Crippen MR) is 172 cm³/mol. The Labute approximate surface area is 252 Å². The minimum absolute atomic E-state index is 0.115. The molecule has 3 aromatic heterocycles. The minimum atomic E-state index is 0.115. The first-order chi connectivity index (χ1) is 20.9. The van der Waals surface area contributed by atoms with Crippen molar-refractivity contribution >= 4 is 33.7 Å². The molecule has 0 atom stereocenters. The van der Waals surface area contributed by atoms with Crippen LogP contribution in [0.3, 0.4) is 0 Å². The average molecular weight is 577 g/mol. The molecular formula is C34H40N8O. The van der Waals surface area contributed by atoms with E-state index in [0.29, 0.717) is 24.3 Å². The third kappa shape index (κ3) is 5.55. The van der Waals surface area contributed by atoms with Crippen LogP contribution in [0.15, 0.2) is 61.0 Å². The molecule has 9 nitrogen and oxygen atoms in total. The summed E-state index contributed by atoms with van der Waals surface area (Å²) in [6.45, 7) is 8.33. The van der Waals surface area contributed by atoms with Crippen molar-refractivity contribution in [2.45, 2.75) is 57.5 Å². The molecular weight excluding hydrogens is 536 g/mol. The number of aromatic nitrogens is 4. The van der Waals surface area contributed by atoms with Crippen LogP contribution in [0.1, 0.15) is 57.0 Å². The van der Waals surface area contributed by atoms with Crippen LogP contribution >= 0.6 is 0 Å². The van der Waals surface area contributed by atoms with Crippen molar-refractivity contribution in [1.29, 1.82) is 0 Å². The molecule has 0 spiro atoms. The van der Waals surface area contributed by atoms with Gasteiger partial charge >= 0.3 is 0 Å². The summed E-state index contributed by atoms with van der Waals surface area (Å²) in [6, 6.07) is 11.3. The molecule has 4 heterocycles. The maximum absolute atomic E-state index is 12.2. The van der Waals surface area contributed by atoms with Crippen LogP contribution in [0.25, 0.3) is 33.3 Å². The van der Waals surface area contributed by atoms with E-state index in [-0.39, 0.29) is 11.9 Å². The number of hydrogen-bond acceptors (Lipinski definition) is 7. The SMILES string of the molecule is CC(C)NC(=O)CN1CCN(C2CC(c3nc(-c4ccc5ccc(C6=CCCC=C6)nc5c4)c4c(N)nccn34)C2)CC1. The fraction of sp³-hybridized carbons (Fsp3) is 0.412. The number of anilines is 1. The summed E-state index contributed by atoms with van der Waals surface area (Å²) >= 11 is 0. The number of pyridine rings is 1. The van der Waals surface area contributed by atoms with E-state index < -0.39 is 0 Å². The van der Waals surface area contributed by atoms with Gasteiger partial charge in [0.1, 0.15) is 22.9 Å². The molecule has 43 heavy (non-hydrogen) atoms. The predicted octanol–water partition coefficient (Wildman–Crippen LogP) is 4.65. The maximum atomic E-state index is 12.2. The highest BCUT2D eigenvalue weighted by atomic mass is 16.2. The van der Waals surface area contributed by atoms with Gasteiger partial charge in [0, 0.05) is 67.5 Å². The van der Waals surface area contributed by atoms with Gasteiger partial charge in [-0.25, -0.2) is 15.0 Å². The Morgan fingerprint density at radius 2 is 1.88 bits per heavy atom. The van der Waals surface area contributed by atoms with Gasteiger partial charge in [0.2, 0.25) is 5.91 Å². The lowest BCUT2D eigenvalue weighted by Crippen LogP contribution is -2.55. The van der Waals surface area contributed by atoms with Crippen LogP contribution in [-0.2, 0) is 4.79 Å². The van der Waals surface area contributed by atoms with E-state index in [2.05, 4.69) is 73.1 Å². The number of carbonyl (C=O) groups excluding carboxylic acids is 1. The number of nitrogens with two attached hydrogens (primary N) is 1. The summed E-state index contributed by atoms with van der Waals surface area (Å²) in [4.78, 5) is 31.7. The number of nitrogens with zero attached hydrogens (tertiary/aromatic N) is 6. The van der Waals surface area contributed by atoms with Gasteiger partial charge in [-0.05, 0) is 57.2 Å². The first-order valence-corrected chi connectivity index (χ1v) is 15.6. The molecule has 0 bridgehead atoms. The summed E-state index contributed by atoms with van der Waals surface area (Å²) in [5.41, 5.74) is 12.3. The molecule has 1 saturated carbocycles. The Hall–Kier alpha value is -4.08. The first kappa shape index (κ1) is 27.7. The van der Waals surface area contributed by atoms with Crippen molar-refractivity contribution in [3.8, 4) is 11.3 Å². The van der Waals surface area contributed by atoms with Crippen LogP contribution in [0.5, 0.6) is 0 Å². The Morgan fingerprint density at radius 3 is 2.65 bits per heavy atom. The third-order valence-electron chi connectivity index (χ3n) is 9.09. The second kappa shape index (κ2) is 11.5. The Morgan fingerprint density at radius 1 is 1.07 bits per heavy atom. The normalized spacial score (nSPS) is 21.3. The van der Waals surface area contributed by atoms with Crippen molar-refractivity contribution in [2.24, 2.45) is 0 Å². The van der Waals surface area contributed by atoms with Crippen molar-refractivity contribution in [3.63, 3.8) is 0 Å². The number of fused-ring (bicyclic) bond motifs is 2. The Kier molecular flexibility index (Phi) is 7.44. The average Bonchev–Trinajstić information content (AvgIpc) is 3.37. The highest BCUT2D eigenvalue weighted by Crippen LogP contribution is 2.42. The number of hydrogen-bond donors (Lipinski definition) is 2. The smallest absolute Gasteiger partial charge is 0.234 e. The number of imidazole rings is 1. The number of nitrogen functional groups attached to an aromatic ring is 1. The van der Waals surface area contributed by atoms with Gasteiger partial charge in [-0.3, -0.25) is 19.0 Å². The number of carbonyl (C=O) groups is 1. The zero-order valence-electron chi connectivity index (χ0n) is 25.0. The number of nitrogens with one attached hydrogen (secondary N) is 1. The lowest BCUT2D eigenvalue weighted by Gasteiger charge is -2.46. The Bertz CT molecular complexity index is 1720. The monoisotopic (exact) mass is 576 g/mol. The summed E-state index contributed by atoms with van der Waals surface area (Å²) in [5, 5.41) is 4.10. The number of benzene rings is 1. The van der Waals surface area contributed by atoms with Gasteiger partial charge in [-0.2, -0.15) is 0 Å². The van der Waals surface area contributed by atoms with Gasteiger partial charge < -0.3 is 11.1 Å². The lowest BCUT2D eigenvalue weighted by atomic mass is 9.78. The van der Waals surface area contributed by atoms with Gasteiger partial charge in [-0.15, -0.1) is 0 Å². The van der Waals surface area contributed by atoms with Gasteiger partial charge in [0.15, 0.2) is 0 Å². The van der Waals surface area contributed by atoms with E-state index in [1.807, 2.05) is 20.0 Å². The Balaban J connectivity index is 1.09. The van der Waals surface area contributed by atoms with Crippen molar-refractivity contribution in [3.05, 3.63) is 72.5 Å². The zero-order chi connectivity index (χ0) is 29.5. The molecule has 4 aromatic rings. The summed E-state index contributed by atoms with van der Waals surface area (Å²) in [6.07, 6.45) is 14.7. The second-order valence-corrected chi connectivity index (χ2v) is 12.4. The molecule has 1 aromatic carbocycles. The van der Waals surface area contributed by atoms with E-state index >= 15 is 0 Å². The molecule has 9 heteroatoms. The van der Waals surface area contributed by atoms with Crippen LogP contribution in [0.2, 0.25) is 0 Å². The molecule has 7 rings (SSSR count). The molecule has 222 valence electrons. The van der Waals surface area contributed by atoms with Gasteiger partial charge in [-0.1, -0.05) is 36.4 Å². The molecule has 3 N–H and O–H groups in total. The van der Waals surface area contributed by atoms with E-state index in [0.717, 1.165) is 91.1 Å². The molecule has 1 aliphatic heterocycles. The number of amides is 1. The number of piperazine rings is 1. The van der Waals surface area contributed by atoms with E-state index in [1.165, 1.54) is 5.57 Å². The molecule has 0 radical (unpaired) electrons. The first-order valence-electron chi connectivity index (χ1n) is 15.6. The summed E-state index contributed by atoms with van der Waals surface area (Å²) in [5.74, 6) is 2.02. The molecule has 2 fully saturated rings. The summed E-state index contributed by atoms with van der Waals surface area (Å²) < 4.78 is 2.15. The van der Waals surface area contributed by atoms with Crippen molar-refractivity contribution in [2.75, 3.05) is 38.5 Å². The van der Waals surface area contributed by atoms with E-state index in [1.54, 1.807) is 6.20 Å². The van der Waals surface area contributed by atoms with E-state index in [9.17, 15) is 4.79 Å². The van der Waals surface area contributed by atoms with Crippen LogP contribution in [0.4, 0.5) is 5.82 Å². The highest BCUT2D eigenvalue weighted by molar-refractivity contribution is 5.91. The third-order valence-corrected chi connectivity index (χ3v) is 9.09.